The Balaban J connectivity index is 2.25. The van der Waals surface area contributed by atoms with Crippen molar-refractivity contribution in [3.8, 4) is 0 Å². The summed E-state index contributed by atoms with van der Waals surface area (Å²) in [7, 11) is -3.48. The molecule has 0 radical (unpaired) electrons. The van der Waals surface area contributed by atoms with E-state index in [9.17, 15) is 13.2 Å². The zero-order valence-corrected chi connectivity index (χ0v) is 12.7. The molecular weight excluding hydrogens is 276 g/mol. The van der Waals surface area contributed by atoms with Gasteiger partial charge < -0.3 is 4.90 Å². The molecular formula is C14H20N2O3S. The molecule has 1 aromatic rings. The fraction of sp³-hybridized carbons (Fsp3) is 0.500. The van der Waals surface area contributed by atoms with Gasteiger partial charge >= 0.3 is 0 Å². The highest BCUT2D eigenvalue weighted by molar-refractivity contribution is 7.92. The van der Waals surface area contributed by atoms with Gasteiger partial charge in [0.1, 0.15) is 6.54 Å². The number of benzene rings is 1. The van der Waals surface area contributed by atoms with Crippen LogP contribution in [-0.2, 0) is 14.8 Å². The van der Waals surface area contributed by atoms with Crippen LogP contribution in [0.3, 0.4) is 0 Å². The number of anilines is 1. The zero-order valence-electron chi connectivity index (χ0n) is 11.9. The molecule has 1 fully saturated rings. The van der Waals surface area contributed by atoms with Crippen LogP contribution in [0.1, 0.15) is 18.4 Å². The minimum Gasteiger partial charge on any atom is -0.341 e. The third-order valence-corrected chi connectivity index (χ3v) is 4.65. The molecule has 0 aromatic heterocycles. The molecule has 0 bridgehead atoms. The standard InChI is InChI=1S/C14H20N2O3S/c1-12-7-3-4-8-13(12)16(20(2,18)19)11-14(17)15-9-5-6-10-15/h3-4,7-8H,5-6,9-11H2,1-2H3. The summed E-state index contributed by atoms with van der Waals surface area (Å²) < 4.78 is 25.2. The van der Waals surface area contributed by atoms with Gasteiger partial charge in [-0.15, -0.1) is 0 Å². The maximum Gasteiger partial charge on any atom is 0.243 e. The third-order valence-electron chi connectivity index (χ3n) is 3.52. The lowest BCUT2D eigenvalue weighted by atomic mass is 10.2. The maximum absolute atomic E-state index is 12.2. The van der Waals surface area contributed by atoms with Gasteiger partial charge in [-0.25, -0.2) is 8.42 Å². The number of likely N-dealkylation sites (tertiary alicyclic amines) is 1. The van der Waals surface area contributed by atoms with Crippen molar-refractivity contribution in [2.75, 3.05) is 30.2 Å². The molecule has 1 amide bonds. The summed E-state index contributed by atoms with van der Waals surface area (Å²) in [6.45, 7) is 3.17. The third kappa shape index (κ3) is 3.30. The summed E-state index contributed by atoms with van der Waals surface area (Å²) in [6, 6.07) is 7.20. The Morgan fingerprint density at radius 3 is 2.40 bits per heavy atom. The number of rotatable bonds is 4. The van der Waals surface area contributed by atoms with Gasteiger partial charge in [0, 0.05) is 13.1 Å². The molecule has 1 aliphatic rings. The summed E-state index contributed by atoms with van der Waals surface area (Å²) in [4.78, 5) is 13.9. The smallest absolute Gasteiger partial charge is 0.243 e. The van der Waals surface area contributed by atoms with E-state index in [-0.39, 0.29) is 12.5 Å². The molecule has 1 aliphatic heterocycles. The van der Waals surface area contributed by atoms with Gasteiger partial charge in [-0.05, 0) is 31.4 Å². The molecule has 110 valence electrons. The van der Waals surface area contributed by atoms with E-state index >= 15 is 0 Å². The second kappa shape index (κ2) is 5.83. The Morgan fingerprint density at radius 2 is 1.85 bits per heavy atom. The van der Waals surface area contributed by atoms with E-state index in [1.807, 2.05) is 19.1 Å². The average molecular weight is 296 g/mol. The minimum absolute atomic E-state index is 0.121. The van der Waals surface area contributed by atoms with Crippen molar-refractivity contribution in [1.82, 2.24) is 4.90 Å². The highest BCUT2D eigenvalue weighted by Crippen LogP contribution is 2.22. The number of hydrogen-bond acceptors (Lipinski definition) is 3. The van der Waals surface area contributed by atoms with Crippen LogP contribution in [0.15, 0.2) is 24.3 Å². The second-order valence-electron chi connectivity index (χ2n) is 5.14. The van der Waals surface area contributed by atoms with Crippen molar-refractivity contribution in [2.45, 2.75) is 19.8 Å². The number of carbonyl (C=O) groups is 1. The zero-order chi connectivity index (χ0) is 14.8. The number of sulfonamides is 1. The summed E-state index contributed by atoms with van der Waals surface area (Å²) in [6.07, 6.45) is 3.13. The number of para-hydroxylation sites is 1. The first kappa shape index (κ1) is 14.8. The van der Waals surface area contributed by atoms with Crippen molar-refractivity contribution in [2.24, 2.45) is 0 Å². The van der Waals surface area contributed by atoms with Crippen LogP contribution in [0.5, 0.6) is 0 Å². The highest BCUT2D eigenvalue weighted by atomic mass is 32.2. The summed E-state index contributed by atoms with van der Waals surface area (Å²) in [5.41, 5.74) is 1.41. The lowest BCUT2D eigenvalue weighted by Gasteiger charge is -2.26. The number of nitrogens with zero attached hydrogens (tertiary/aromatic N) is 2. The molecule has 20 heavy (non-hydrogen) atoms. The van der Waals surface area contributed by atoms with E-state index in [4.69, 9.17) is 0 Å². The quantitative estimate of drug-likeness (QED) is 0.843. The molecule has 0 spiro atoms. The van der Waals surface area contributed by atoms with Crippen LogP contribution in [-0.4, -0.2) is 45.1 Å². The predicted molar refractivity (Wildman–Crippen MR) is 79.2 cm³/mol. The lowest BCUT2D eigenvalue weighted by molar-refractivity contribution is -0.128. The van der Waals surface area contributed by atoms with Crippen molar-refractivity contribution in [1.29, 1.82) is 0 Å². The second-order valence-corrected chi connectivity index (χ2v) is 7.05. The van der Waals surface area contributed by atoms with Crippen molar-refractivity contribution < 1.29 is 13.2 Å². The fourth-order valence-corrected chi connectivity index (χ4v) is 3.32. The minimum atomic E-state index is -3.48. The number of hydrogen-bond donors (Lipinski definition) is 0. The van der Waals surface area contributed by atoms with Gasteiger partial charge in [0.05, 0.1) is 11.9 Å². The molecule has 5 nitrogen and oxygen atoms in total. The van der Waals surface area contributed by atoms with E-state index < -0.39 is 10.0 Å². The highest BCUT2D eigenvalue weighted by Gasteiger charge is 2.26. The Bertz CT molecular complexity index is 592. The number of carbonyl (C=O) groups excluding carboxylic acids is 1. The largest absolute Gasteiger partial charge is 0.341 e. The van der Waals surface area contributed by atoms with Crippen LogP contribution < -0.4 is 4.31 Å². The van der Waals surface area contributed by atoms with E-state index in [1.165, 1.54) is 4.31 Å². The van der Waals surface area contributed by atoms with Crippen LogP contribution in [0.25, 0.3) is 0 Å². The molecule has 0 N–H and O–H groups in total. The molecule has 0 aliphatic carbocycles. The van der Waals surface area contributed by atoms with Crippen LogP contribution in [0.2, 0.25) is 0 Å². The van der Waals surface area contributed by atoms with E-state index in [1.54, 1.807) is 17.0 Å². The number of aryl methyl sites for hydroxylation is 1. The van der Waals surface area contributed by atoms with Gasteiger partial charge in [0.25, 0.3) is 0 Å². The Labute approximate surface area is 120 Å². The van der Waals surface area contributed by atoms with E-state index in [0.717, 1.165) is 37.8 Å². The first-order chi connectivity index (χ1) is 9.39. The Morgan fingerprint density at radius 1 is 1.25 bits per heavy atom. The first-order valence-electron chi connectivity index (χ1n) is 6.71. The monoisotopic (exact) mass is 296 g/mol. The normalized spacial score (nSPS) is 15.4. The topological polar surface area (TPSA) is 57.7 Å². The van der Waals surface area contributed by atoms with E-state index in [2.05, 4.69) is 0 Å². The molecule has 0 atom stereocenters. The van der Waals surface area contributed by atoms with Gasteiger partial charge in [-0.1, -0.05) is 18.2 Å². The number of amides is 1. The molecule has 0 unspecified atom stereocenters. The molecule has 1 saturated heterocycles. The van der Waals surface area contributed by atoms with Gasteiger partial charge in [-0.3, -0.25) is 9.10 Å². The van der Waals surface area contributed by atoms with Gasteiger partial charge in [-0.2, -0.15) is 0 Å². The Kier molecular flexibility index (Phi) is 4.32. The SMILES string of the molecule is Cc1ccccc1N(CC(=O)N1CCCC1)S(C)(=O)=O. The van der Waals surface area contributed by atoms with Crippen molar-refractivity contribution >= 4 is 21.6 Å². The predicted octanol–water partition coefficient (Wildman–Crippen LogP) is 1.38. The van der Waals surface area contributed by atoms with Crippen molar-refractivity contribution in [3.63, 3.8) is 0 Å². The van der Waals surface area contributed by atoms with Gasteiger partial charge in [0.2, 0.25) is 15.9 Å². The summed E-state index contributed by atoms with van der Waals surface area (Å²) >= 11 is 0. The molecule has 1 aromatic carbocycles. The summed E-state index contributed by atoms with van der Waals surface area (Å²) in [5.74, 6) is -0.129. The first-order valence-corrected chi connectivity index (χ1v) is 8.55. The van der Waals surface area contributed by atoms with Crippen molar-refractivity contribution in [3.05, 3.63) is 29.8 Å². The Hall–Kier alpha value is -1.56. The molecule has 1 heterocycles. The molecule has 6 heteroatoms. The van der Waals surface area contributed by atoms with E-state index in [0.29, 0.717) is 5.69 Å². The average Bonchev–Trinajstić information content (AvgIpc) is 2.89. The molecule has 2 rings (SSSR count). The van der Waals surface area contributed by atoms with Crippen LogP contribution in [0.4, 0.5) is 5.69 Å². The lowest BCUT2D eigenvalue weighted by Crippen LogP contribution is -2.41. The fourth-order valence-electron chi connectivity index (χ4n) is 2.41. The summed E-state index contributed by atoms with van der Waals surface area (Å²) in [5, 5.41) is 0. The van der Waals surface area contributed by atoms with Gasteiger partial charge in [0.15, 0.2) is 0 Å². The van der Waals surface area contributed by atoms with Crippen LogP contribution in [0, 0.1) is 6.92 Å². The van der Waals surface area contributed by atoms with Crippen LogP contribution >= 0.6 is 0 Å². The molecule has 0 saturated carbocycles. The maximum atomic E-state index is 12.2.